The number of carbonyl (C=O) groups excluding carboxylic acids is 1. The monoisotopic (exact) mass is 358 g/mol. The van der Waals surface area contributed by atoms with Gasteiger partial charge >= 0.3 is 0 Å². The maximum absolute atomic E-state index is 12.3. The van der Waals surface area contributed by atoms with Gasteiger partial charge in [0.15, 0.2) is 0 Å². The molecule has 0 aliphatic heterocycles. The van der Waals surface area contributed by atoms with E-state index >= 15 is 0 Å². The molecule has 5 nitrogen and oxygen atoms in total. The predicted octanol–water partition coefficient (Wildman–Crippen LogP) is 2.85. The molecule has 0 unspecified atom stereocenters. The van der Waals surface area contributed by atoms with Crippen molar-refractivity contribution in [3.05, 3.63) is 29.3 Å². The fourth-order valence-corrected chi connectivity index (χ4v) is 4.05. The van der Waals surface area contributed by atoms with Gasteiger partial charge in [0, 0.05) is 11.1 Å². The van der Waals surface area contributed by atoms with Gasteiger partial charge in [-0.05, 0) is 44.0 Å². The van der Waals surface area contributed by atoms with Crippen LogP contribution in [0.1, 0.15) is 45.4 Å². The molecule has 1 aliphatic carbocycles. The number of halogens is 1. The minimum atomic E-state index is -3.74. The fraction of sp³-hybridized carbons (Fsp3) is 0.562. The van der Waals surface area contributed by atoms with Crippen LogP contribution in [0.15, 0.2) is 29.2 Å². The number of carbonyl (C=O) groups is 1. The summed E-state index contributed by atoms with van der Waals surface area (Å²) in [5.74, 6) is -0.283. The van der Waals surface area contributed by atoms with Crippen molar-refractivity contribution in [3.63, 3.8) is 0 Å². The van der Waals surface area contributed by atoms with Gasteiger partial charge in [-0.3, -0.25) is 4.79 Å². The Bertz CT molecular complexity index is 623. The van der Waals surface area contributed by atoms with Crippen molar-refractivity contribution in [1.82, 2.24) is 10.0 Å². The first kappa shape index (κ1) is 18.2. The summed E-state index contributed by atoms with van der Waals surface area (Å²) in [6, 6.07) is 5.17. The maximum Gasteiger partial charge on any atom is 0.241 e. The van der Waals surface area contributed by atoms with Crippen LogP contribution in [0.5, 0.6) is 0 Å². The van der Waals surface area contributed by atoms with Crippen LogP contribution in [0.25, 0.3) is 0 Å². The quantitative estimate of drug-likeness (QED) is 0.795. The van der Waals surface area contributed by atoms with E-state index in [0.29, 0.717) is 5.02 Å². The van der Waals surface area contributed by atoms with Crippen molar-refractivity contribution in [1.29, 1.82) is 0 Å². The number of rotatable bonds is 5. The second kappa shape index (κ2) is 8.13. The van der Waals surface area contributed by atoms with Crippen LogP contribution in [-0.2, 0) is 14.8 Å². The summed E-state index contributed by atoms with van der Waals surface area (Å²) in [5, 5.41) is 3.42. The summed E-state index contributed by atoms with van der Waals surface area (Å²) in [6.07, 6.45) is 6.53. The summed E-state index contributed by atoms with van der Waals surface area (Å²) >= 11 is 5.76. The van der Waals surface area contributed by atoms with Crippen molar-refractivity contribution >= 4 is 27.5 Å². The summed E-state index contributed by atoms with van der Waals surface area (Å²) in [7, 11) is -3.74. The van der Waals surface area contributed by atoms with Crippen LogP contribution in [0.3, 0.4) is 0 Å². The fourth-order valence-electron chi connectivity index (χ4n) is 2.72. The standard InChI is InChI=1S/C16H23ClN2O3S/c1-12(16(20)18-14-6-4-2-3-5-7-14)19-23(21,22)15-10-8-13(17)9-11-15/h8-12,14,19H,2-7H2,1H3,(H,18,20)/t12-/m0/s1. The smallest absolute Gasteiger partial charge is 0.241 e. The molecule has 0 spiro atoms. The molecule has 1 saturated carbocycles. The summed E-state index contributed by atoms with van der Waals surface area (Å²) in [5.41, 5.74) is 0. The van der Waals surface area contributed by atoms with Crippen molar-refractivity contribution in [3.8, 4) is 0 Å². The first-order valence-electron chi connectivity index (χ1n) is 7.97. The molecule has 0 radical (unpaired) electrons. The van der Waals surface area contributed by atoms with E-state index in [-0.39, 0.29) is 16.8 Å². The first-order chi connectivity index (χ1) is 10.9. The lowest BCUT2D eigenvalue weighted by atomic mass is 10.1. The van der Waals surface area contributed by atoms with Gasteiger partial charge in [-0.1, -0.05) is 37.3 Å². The molecule has 7 heteroatoms. The van der Waals surface area contributed by atoms with E-state index < -0.39 is 16.1 Å². The van der Waals surface area contributed by atoms with Crippen LogP contribution >= 0.6 is 11.6 Å². The molecule has 1 fully saturated rings. The lowest BCUT2D eigenvalue weighted by Gasteiger charge is -2.20. The zero-order valence-corrected chi connectivity index (χ0v) is 14.8. The Labute approximate surface area is 142 Å². The van der Waals surface area contributed by atoms with Crippen LogP contribution in [-0.4, -0.2) is 26.4 Å². The molecule has 1 amide bonds. The molecule has 0 aromatic heterocycles. The molecular formula is C16H23ClN2O3S. The van der Waals surface area contributed by atoms with E-state index in [1.807, 2.05) is 0 Å². The van der Waals surface area contributed by atoms with Crippen molar-refractivity contribution in [2.45, 2.75) is 62.4 Å². The normalized spacial score (nSPS) is 18.2. The second-order valence-corrected chi connectivity index (χ2v) is 8.14. The Morgan fingerprint density at radius 3 is 2.26 bits per heavy atom. The minimum Gasteiger partial charge on any atom is -0.352 e. The lowest BCUT2D eigenvalue weighted by Crippen LogP contribution is -2.47. The molecule has 0 heterocycles. The number of hydrogen-bond acceptors (Lipinski definition) is 3. The molecule has 1 aromatic rings. The predicted molar refractivity (Wildman–Crippen MR) is 90.9 cm³/mol. The van der Waals surface area contributed by atoms with Crippen molar-refractivity contribution < 1.29 is 13.2 Å². The van der Waals surface area contributed by atoms with Crippen LogP contribution in [0.4, 0.5) is 0 Å². The Morgan fingerprint density at radius 1 is 1.13 bits per heavy atom. The average Bonchev–Trinajstić information content (AvgIpc) is 2.76. The molecule has 2 rings (SSSR count). The number of hydrogen-bond donors (Lipinski definition) is 2. The number of amides is 1. The summed E-state index contributed by atoms with van der Waals surface area (Å²) in [4.78, 5) is 12.3. The maximum atomic E-state index is 12.3. The zero-order chi connectivity index (χ0) is 16.9. The van der Waals surface area contributed by atoms with Gasteiger partial charge in [-0.2, -0.15) is 4.72 Å². The molecule has 2 N–H and O–H groups in total. The second-order valence-electron chi connectivity index (χ2n) is 5.99. The Kier molecular flexibility index (Phi) is 6.44. The largest absolute Gasteiger partial charge is 0.352 e. The minimum absolute atomic E-state index is 0.0935. The third-order valence-electron chi connectivity index (χ3n) is 4.05. The summed E-state index contributed by atoms with van der Waals surface area (Å²) < 4.78 is 27.0. The summed E-state index contributed by atoms with van der Waals surface area (Å²) in [6.45, 7) is 1.56. The molecule has 1 aliphatic rings. The Morgan fingerprint density at radius 2 is 1.70 bits per heavy atom. The number of nitrogens with one attached hydrogen (secondary N) is 2. The van der Waals surface area contributed by atoms with E-state index in [9.17, 15) is 13.2 Å². The number of benzene rings is 1. The molecule has 0 bridgehead atoms. The van der Waals surface area contributed by atoms with Gasteiger partial charge in [0.1, 0.15) is 0 Å². The molecule has 1 aromatic carbocycles. The van der Waals surface area contributed by atoms with Crippen LogP contribution in [0.2, 0.25) is 5.02 Å². The molecule has 128 valence electrons. The van der Waals surface area contributed by atoms with E-state index in [1.54, 1.807) is 6.92 Å². The van der Waals surface area contributed by atoms with E-state index in [4.69, 9.17) is 11.6 Å². The van der Waals surface area contributed by atoms with Gasteiger partial charge in [-0.15, -0.1) is 0 Å². The topological polar surface area (TPSA) is 75.3 Å². The van der Waals surface area contributed by atoms with Crippen LogP contribution < -0.4 is 10.0 Å². The van der Waals surface area contributed by atoms with E-state index in [0.717, 1.165) is 25.7 Å². The zero-order valence-electron chi connectivity index (χ0n) is 13.2. The first-order valence-corrected chi connectivity index (χ1v) is 9.83. The highest BCUT2D eigenvalue weighted by molar-refractivity contribution is 7.89. The lowest BCUT2D eigenvalue weighted by molar-refractivity contribution is -0.123. The highest BCUT2D eigenvalue weighted by atomic mass is 35.5. The average molecular weight is 359 g/mol. The van der Waals surface area contributed by atoms with Gasteiger partial charge in [0.2, 0.25) is 15.9 Å². The van der Waals surface area contributed by atoms with Crippen molar-refractivity contribution in [2.75, 3.05) is 0 Å². The third kappa shape index (κ3) is 5.48. The van der Waals surface area contributed by atoms with Crippen molar-refractivity contribution in [2.24, 2.45) is 0 Å². The van der Waals surface area contributed by atoms with Gasteiger partial charge < -0.3 is 5.32 Å². The SMILES string of the molecule is C[C@H](NS(=O)(=O)c1ccc(Cl)cc1)C(=O)NC1CCCCCC1. The molecular weight excluding hydrogens is 336 g/mol. The van der Waals surface area contributed by atoms with Gasteiger partial charge in [0.05, 0.1) is 10.9 Å². The molecule has 1 atom stereocenters. The van der Waals surface area contributed by atoms with Crippen LogP contribution in [0, 0.1) is 0 Å². The number of sulfonamides is 1. The van der Waals surface area contributed by atoms with E-state index in [1.165, 1.54) is 37.1 Å². The van der Waals surface area contributed by atoms with Gasteiger partial charge in [-0.25, -0.2) is 8.42 Å². The van der Waals surface area contributed by atoms with Gasteiger partial charge in [0.25, 0.3) is 0 Å². The molecule has 0 saturated heterocycles. The highest BCUT2D eigenvalue weighted by Crippen LogP contribution is 2.17. The molecule has 23 heavy (non-hydrogen) atoms. The Hall–Kier alpha value is -1.11. The Balaban J connectivity index is 1.95. The highest BCUT2D eigenvalue weighted by Gasteiger charge is 2.24. The third-order valence-corrected chi connectivity index (χ3v) is 5.86. The van der Waals surface area contributed by atoms with E-state index in [2.05, 4.69) is 10.0 Å².